The van der Waals surface area contributed by atoms with E-state index < -0.39 is 5.25 Å². The number of benzene rings is 2. The van der Waals surface area contributed by atoms with E-state index in [-0.39, 0.29) is 18.2 Å². The van der Waals surface area contributed by atoms with E-state index in [1.165, 1.54) is 11.8 Å². The van der Waals surface area contributed by atoms with Crippen LogP contribution in [0.4, 0.5) is 11.4 Å². The first-order valence-electron chi connectivity index (χ1n) is 9.13. The first-order valence-corrected chi connectivity index (χ1v) is 10.0. The Kier molecular flexibility index (Phi) is 7.22. The number of amides is 2. The van der Waals surface area contributed by atoms with Gasteiger partial charge in [-0.2, -0.15) is 0 Å². The van der Waals surface area contributed by atoms with E-state index in [9.17, 15) is 9.59 Å². The van der Waals surface area contributed by atoms with Gasteiger partial charge >= 0.3 is 0 Å². The summed E-state index contributed by atoms with van der Waals surface area (Å²) in [4.78, 5) is 31.6. The third-order valence-corrected chi connectivity index (χ3v) is 5.33. The summed E-state index contributed by atoms with van der Waals surface area (Å²) in [6.45, 7) is 1.08. The van der Waals surface area contributed by atoms with Crippen molar-refractivity contribution in [1.82, 2.24) is 4.90 Å². The van der Waals surface area contributed by atoms with E-state index >= 15 is 0 Å². The molecule has 1 heterocycles. The number of para-hydroxylation sites is 2. The second-order valence-electron chi connectivity index (χ2n) is 6.29. The van der Waals surface area contributed by atoms with Gasteiger partial charge in [-0.15, -0.1) is 0 Å². The molecule has 0 spiro atoms. The first-order chi connectivity index (χ1) is 13.7. The predicted molar refractivity (Wildman–Crippen MR) is 113 cm³/mol. The summed E-state index contributed by atoms with van der Waals surface area (Å²) < 4.78 is 5.10. The Morgan fingerprint density at radius 3 is 2.50 bits per heavy atom. The molecule has 0 radical (unpaired) electrons. The summed E-state index contributed by atoms with van der Waals surface area (Å²) in [7, 11) is 1.64. The zero-order valence-electron chi connectivity index (χ0n) is 15.7. The summed E-state index contributed by atoms with van der Waals surface area (Å²) in [5.41, 5.74) is 1.50. The maximum atomic E-state index is 12.9. The van der Waals surface area contributed by atoms with Crippen molar-refractivity contribution in [3.63, 3.8) is 0 Å². The zero-order chi connectivity index (χ0) is 19.8. The summed E-state index contributed by atoms with van der Waals surface area (Å²) in [5, 5.41) is 2.99. The molecule has 0 aliphatic carbocycles. The van der Waals surface area contributed by atoms with Crippen molar-refractivity contribution < 1.29 is 14.3 Å². The molecule has 0 aromatic heterocycles. The predicted octanol–water partition coefficient (Wildman–Crippen LogP) is 3.68. The van der Waals surface area contributed by atoms with Crippen molar-refractivity contribution >= 4 is 40.1 Å². The lowest BCUT2D eigenvalue weighted by atomic mass is 10.2. The molecule has 2 amide bonds. The van der Waals surface area contributed by atoms with Crippen LogP contribution >= 0.6 is 11.8 Å². The van der Waals surface area contributed by atoms with Gasteiger partial charge < -0.3 is 10.1 Å². The summed E-state index contributed by atoms with van der Waals surface area (Å²) in [6.07, 6.45) is 0.812. The highest BCUT2D eigenvalue weighted by atomic mass is 32.2. The van der Waals surface area contributed by atoms with Crippen molar-refractivity contribution in [3.05, 3.63) is 60.7 Å². The number of nitrogens with zero attached hydrogens (tertiary/aromatic N) is 2. The molecule has 1 atom stereocenters. The SMILES string of the molecule is COCCCN1C(=O)[C@H](CC(=O)Nc2ccccc2)SC1=Nc1ccccc1. The molecule has 1 fully saturated rings. The molecule has 1 saturated heterocycles. The van der Waals surface area contributed by atoms with Crippen LogP contribution in [0.25, 0.3) is 0 Å². The van der Waals surface area contributed by atoms with Crippen molar-refractivity contribution in [3.8, 4) is 0 Å². The molecule has 2 aromatic carbocycles. The Balaban J connectivity index is 1.70. The molecule has 0 saturated carbocycles. The lowest BCUT2D eigenvalue weighted by Gasteiger charge is -2.16. The monoisotopic (exact) mass is 397 g/mol. The highest BCUT2D eigenvalue weighted by molar-refractivity contribution is 8.15. The number of aliphatic imine (C=N–C) groups is 1. The Bertz CT molecular complexity index is 827. The average molecular weight is 398 g/mol. The van der Waals surface area contributed by atoms with Gasteiger partial charge in [-0.1, -0.05) is 48.2 Å². The van der Waals surface area contributed by atoms with E-state index in [2.05, 4.69) is 10.3 Å². The molecule has 28 heavy (non-hydrogen) atoms. The Labute approximate surface area is 169 Å². The standard InChI is InChI=1S/C21H23N3O3S/c1-27-14-8-13-24-20(26)18(15-19(25)22-16-9-4-2-5-10-16)28-21(24)23-17-11-6-3-7-12-17/h2-7,9-12,18H,8,13-15H2,1H3,(H,22,25)/t18-/m0/s1. The van der Waals surface area contributed by atoms with Crippen molar-refractivity contribution in [2.75, 3.05) is 25.6 Å². The maximum absolute atomic E-state index is 12.9. The van der Waals surface area contributed by atoms with Crippen LogP contribution in [0.1, 0.15) is 12.8 Å². The Morgan fingerprint density at radius 1 is 1.14 bits per heavy atom. The fourth-order valence-corrected chi connectivity index (χ4v) is 4.00. The molecule has 2 aromatic rings. The highest BCUT2D eigenvalue weighted by Gasteiger charge is 2.38. The molecule has 3 rings (SSSR count). The second-order valence-corrected chi connectivity index (χ2v) is 7.46. The Morgan fingerprint density at radius 2 is 1.82 bits per heavy atom. The number of anilines is 1. The van der Waals surface area contributed by atoms with Gasteiger partial charge in [0.25, 0.3) is 0 Å². The van der Waals surface area contributed by atoms with Gasteiger partial charge in [0.2, 0.25) is 11.8 Å². The molecular weight excluding hydrogens is 374 g/mol. The van der Waals surface area contributed by atoms with Crippen molar-refractivity contribution in [2.45, 2.75) is 18.1 Å². The minimum atomic E-state index is -0.478. The van der Waals surface area contributed by atoms with E-state index in [0.717, 1.165) is 11.4 Å². The summed E-state index contributed by atoms with van der Waals surface area (Å²) in [6, 6.07) is 18.7. The number of thioether (sulfide) groups is 1. The van der Waals surface area contributed by atoms with Gasteiger partial charge in [0.15, 0.2) is 5.17 Å². The van der Waals surface area contributed by atoms with Crippen LogP contribution in [-0.4, -0.2) is 47.4 Å². The average Bonchev–Trinajstić information content (AvgIpc) is 2.98. The minimum absolute atomic E-state index is 0.0843. The molecule has 1 aliphatic heterocycles. The zero-order valence-corrected chi connectivity index (χ0v) is 16.5. The fourth-order valence-electron chi connectivity index (χ4n) is 2.81. The van der Waals surface area contributed by atoms with Gasteiger partial charge in [-0.3, -0.25) is 14.5 Å². The molecule has 0 unspecified atom stereocenters. The number of carbonyl (C=O) groups excluding carboxylic acids is 2. The lowest BCUT2D eigenvalue weighted by Crippen LogP contribution is -2.34. The molecule has 0 bridgehead atoms. The van der Waals surface area contributed by atoms with Gasteiger partial charge in [-0.05, 0) is 30.7 Å². The van der Waals surface area contributed by atoms with E-state index in [1.807, 2.05) is 60.7 Å². The number of nitrogens with one attached hydrogen (secondary N) is 1. The van der Waals surface area contributed by atoms with E-state index in [4.69, 9.17) is 4.74 Å². The maximum Gasteiger partial charge on any atom is 0.242 e. The molecule has 1 N–H and O–H groups in total. The van der Waals surface area contributed by atoms with Gasteiger partial charge in [0.05, 0.1) is 5.69 Å². The second kappa shape index (κ2) is 10.1. The van der Waals surface area contributed by atoms with Crippen LogP contribution in [0.2, 0.25) is 0 Å². The summed E-state index contributed by atoms with van der Waals surface area (Å²) in [5.74, 6) is -0.270. The smallest absolute Gasteiger partial charge is 0.242 e. The third-order valence-electron chi connectivity index (χ3n) is 4.16. The fraction of sp³-hybridized carbons (Fsp3) is 0.286. The van der Waals surface area contributed by atoms with Crippen LogP contribution in [0.5, 0.6) is 0 Å². The van der Waals surface area contributed by atoms with E-state index in [1.54, 1.807) is 12.0 Å². The minimum Gasteiger partial charge on any atom is -0.385 e. The first kappa shape index (κ1) is 20.1. The molecule has 7 heteroatoms. The van der Waals surface area contributed by atoms with Crippen LogP contribution in [0, 0.1) is 0 Å². The molecule has 1 aliphatic rings. The highest BCUT2D eigenvalue weighted by Crippen LogP contribution is 2.32. The van der Waals surface area contributed by atoms with Crippen molar-refractivity contribution in [1.29, 1.82) is 0 Å². The van der Waals surface area contributed by atoms with E-state index in [0.29, 0.717) is 24.7 Å². The number of ether oxygens (including phenoxy) is 1. The molecular formula is C21H23N3O3S. The van der Waals surface area contributed by atoms with Gasteiger partial charge in [-0.25, -0.2) is 4.99 Å². The number of hydrogen-bond donors (Lipinski definition) is 1. The number of hydrogen-bond acceptors (Lipinski definition) is 5. The molecule has 146 valence electrons. The summed E-state index contributed by atoms with van der Waals surface area (Å²) >= 11 is 1.34. The molecule has 6 nitrogen and oxygen atoms in total. The van der Waals surface area contributed by atoms with Crippen LogP contribution in [0.3, 0.4) is 0 Å². The Hall–Kier alpha value is -2.64. The van der Waals surface area contributed by atoms with Gasteiger partial charge in [0, 0.05) is 32.4 Å². The van der Waals surface area contributed by atoms with Crippen LogP contribution in [-0.2, 0) is 14.3 Å². The quantitative estimate of drug-likeness (QED) is 0.690. The van der Waals surface area contributed by atoms with Crippen molar-refractivity contribution in [2.24, 2.45) is 4.99 Å². The number of amidine groups is 1. The number of carbonyl (C=O) groups is 2. The third kappa shape index (κ3) is 5.43. The number of methoxy groups -OCH3 is 1. The lowest BCUT2D eigenvalue weighted by molar-refractivity contribution is -0.128. The largest absolute Gasteiger partial charge is 0.385 e. The normalized spacial score (nSPS) is 17.9. The van der Waals surface area contributed by atoms with Gasteiger partial charge in [0.1, 0.15) is 5.25 Å². The van der Waals surface area contributed by atoms with Crippen LogP contribution < -0.4 is 5.32 Å². The van der Waals surface area contributed by atoms with Crippen LogP contribution in [0.15, 0.2) is 65.7 Å². The number of rotatable bonds is 8. The topological polar surface area (TPSA) is 71.0 Å².